The van der Waals surface area contributed by atoms with E-state index in [0.29, 0.717) is 0 Å². The number of benzene rings is 1. The van der Waals surface area contributed by atoms with E-state index in [4.69, 9.17) is 4.74 Å². The van der Waals surface area contributed by atoms with Gasteiger partial charge in [0.05, 0.1) is 15.9 Å². The van der Waals surface area contributed by atoms with Gasteiger partial charge in [-0.15, -0.1) is 0 Å². The summed E-state index contributed by atoms with van der Waals surface area (Å²) in [6.07, 6.45) is 0. The van der Waals surface area contributed by atoms with Gasteiger partial charge in [0.2, 0.25) is 0 Å². The van der Waals surface area contributed by atoms with Crippen LogP contribution >= 0.6 is 0 Å². The van der Waals surface area contributed by atoms with Crippen molar-refractivity contribution in [1.82, 2.24) is 0 Å². The molecule has 0 heterocycles. The molecule has 1 rings (SSSR count). The summed E-state index contributed by atoms with van der Waals surface area (Å²) in [4.78, 5) is 0. The monoisotopic (exact) mass is 242 g/mol. The normalized spacial score (nSPS) is 10.5. The maximum Gasteiger partial charge on any atom is 1.00 e. The Morgan fingerprint density at radius 1 is 1.33 bits per heavy atom. The Morgan fingerprint density at radius 2 is 1.93 bits per heavy atom. The number of para-hydroxylation sites is 1. The Bertz CT molecular complexity index is 407. The molecule has 0 aliphatic carbocycles. The maximum absolute atomic E-state index is 12.9. The van der Waals surface area contributed by atoms with Crippen LogP contribution in [0.4, 0.5) is 4.39 Å². The van der Waals surface area contributed by atoms with Crippen LogP contribution in [0.5, 0.6) is 5.75 Å². The van der Waals surface area contributed by atoms with Crippen molar-refractivity contribution in [3.63, 3.8) is 0 Å². The summed E-state index contributed by atoms with van der Waals surface area (Å²) in [5.41, 5.74) is 0. The van der Waals surface area contributed by atoms with Gasteiger partial charge in [-0.25, -0.2) is 12.8 Å². The van der Waals surface area contributed by atoms with Gasteiger partial charge in [0.15, 0.2) is 11.6 Å². The largest absolute Gasteiger partial charge is 1.00 e. The van der Waals surface area contributed by atoms with Crippen LogP contribution in [0, 0.1) is 5.82 Å². The van der Waals surface area contributed by atoms with Crippen LogP contribution in [0.2, 0.25) is 0 Å². The third-order valence-corrected chi connectivity index (χ3v) is 2.09. The van der Waals surface area contributed by atoms with E-state index in [1.54, 1.807) is 6.07 Å². The summed E-state index contributed by atoms with van der Waals surface area (Å²) < 4.78 is 48.1. The molecule has 1 aromatic carbocycles. The summed E-state index contributed by atoms with van der Waals surface area (Å²) in [5, 5.41) is 0. The van der Waals surface area contributed by atoms with Crippen molar-refractivity contribution >= 4 is 10.1 Å². The molecule has 1 aromatic rings. The number of rotatable bonds is 4. The van der Waals surface area contributed by atoms with E-state index < -0.39 is 21.7 Å². The van der Waals surface area contributed by atoms with E-state index in [1.165, 1.54) is 18.2 Å². The third kappa shape index (κ3) is 6.11. The Labute approximate surface area is 109 Å². The average molecular weight is 242 g/mol. The second-order valence-corrected chi connectivity index (χ2v) is 4.06. The fraction of sp³-hybridized carbons (Fsp3) is 0.250. The minimum absolute atomic E-state index is 0. The van der Waals surface area contributed by atoms with Crippen molar-refractivity contribution in [2.45, 2.75) is 0 Å². The first-order valence-electron chi connectivity index (χ1n) is 3.80. The van der Waals surface area contributed by atoms with Gasteiger partial charge in [-0.2, -0.15) is 0 Å². The van der Waals surface area contributed by atoms with Gasteiger partial charge in [-0.3, -0.25) is 0 Å². The van der Waals surface area contributed by atoms with Crippen molar-refractivity contribution in [2.75, 3.05) is 12.4 Å². The van der Waals surface area contributed by atoms with Gasteiger partial charge in [-0.05, 0) is 12.1 Å². The fourth-order valence-electron chi connectivity index (χ4n) is 0.815. The topological polar surface area (TPSA) is 66.4 Å². The Hall–Kier alpha value is -0.140. The van der Waals surface area contributed by atoms with E-state index in [-0.39, 0.29) is 41.9 Å². The summed E-state index contributed by atoms with van der Waals surface area (Å²) in [7, 11) is -4.30. The van der Waals surface area contributed by atoms with Crippen molar-refractivity contribution in [3.8, 4) is 5.75 Å². The number of hydrogen-bond donors (Lipinski definition) is 0. The predicted molar refractivity (Wildman–Crippen MR) is 46.5 cm³/mol. The van der Waals surface area contributed by atoms with Gasteiger partial charge in [0.1, 0.15) is 6.61 Å². The molecule has 0 fully saturated rings. The van der Waals surface area contributed by atoms with Crippen LogP contribution in [0.15, 0.2) is 24.3 Å². The molecule has 0 aliphatic heterocycles. The van der Waals surface area contributed by atoms with Gasteiger partial charge >= 0.3 is 29.6 Å². The molecule has 0 spiro atoms. The second-order valence-electron chi connectivity index (χ2n) is 2.54. The molecule has 0 atom stereocenters. The van der Waals surface area contributed by atoms with Gasteiger partial charge < -0.3 is 9.29 Å². The first-order valence-corrected chi connectivity index (χ1v) is 5.38. The molecular formula is C8H8FNaO4S. The molecule has 0 radical (unpaired) electrons. The standard InChI is InChI=1S/C8H9FO4S.Na/c9-7-3-1-2-4-8(7)13-5-6-14(10,11)12;/h1-4H,5-6H2,(H,10,11,12);/q;+1/p-1. The first-order chi connectivity index (χ1) is 6.49. The molecule has 0 N–H and O–H groups in total. The van der Waals surface area contributed by atoms with E-state index in [2.05, 4.69) is 0 Å². The third-order valence-electron chi connectivity index (χ3n) is 1.43. The smallest absolute Gasteiger partial charge is 0.748 e. The van der Waals surface area contributed by atoms with E-state index >= 15 is 0 Å². The molecule has 0 aliphatic rings. The van der Waals surface area contributed by atoms with Crippen molar-refractivity contribution < 1.29 is 51.7 Å². The Balaban J connectivity index is 0.00000196. The first kappa shape index (κ1) is 14.9. The van der Waals surface area contributed by atoms with Crippen LogP contribution in [-0.2, 0) is 10.1 Å². The average Bonchev–Trinajstić information content (AvgIpc) is 2.06. The zero-order chi connectivity index (χ0) is 10.6. The zero-order valence-electron chi connectivity index (χ0n) is 8.14. The minimum Gasteiger partial charge on any atom is -0.748 e. The van der Waals surface area contributed by atoms with Gasteiger partial charge in [0.25, 0.3) is 0 Å². The molecule has 0 saturated heterocycles. The van der Waals surface area contributed by atoms with Gasteiger partial charge in [-0.1, -0.05) is 12.1 Å². The van der Waals surface area contributed by atoms with Crippen LogP contribution < -0.4 is 34.3 Å². The SMILES string of the molecule is O=S(=O)([O-])CCOc1ccccc1F.[Na+]. The summed E-state index contributed by atoms with van der Waals surface area (Å²) in [6.45, 7) is -0.341. The quantitative estimate of drug-likeness (QED) is 0.442. The van der Waals surface area contributed by atoms with Crippen molar-refractivity contribution in [2.24, 2.45) is 0 Å². The number of hydrogen-bond acceptors (Lipinski definition) is 4. The Morgan fingerprint density at radius 3 is 2.47 bits per heavy atom. The molecule has 0 amide bonds. The maximum atomic E-state index is 12.9. The molecule has 4 nitrogen and oxygen atoms in total. The second kappa shape index (κ2) is 6.44. The summed E-state index contributed by atoms with van der Waals surface area (Å²) >= 11 is 0. The molecule has 0 bridgehead atoms. The molecule has 0 unspecified atom stereocenters. The Kier molecular flexibility index (Phi) is 6.38. The van der Waals surface area contributed by atoms with Crippen molar-refractivity contribution in [3.05, 3.63) is 30.1 Å². The van der Waals surface area contributed by atoms with E-state index in [0.717, 1.165) is 0 Å². The number of halogens is 1. The van der Waals surface area contributed by atoms with Crippen LogP contribution in [0.3, 0.4) is 0 Å². The molecule has 7 heteroatoms. The molecule has 15 heavy (non-hydrogen) atoms. The predicted octanol–water partition coefficient (Wildman–Crippen LogP) is -2.25. The number of ether oxygens (including phenoxy) is 1. The molecule has 0 saturated carbocycles. The van der Waals surface area contributed by atoms with Crippen LogP contribution in [-0.4, -0.2) is 25.3 Å². The van der Waals surface area contributed by atoms with Crippen molar-refractivity contribution in [1.29, 1.82) is 0 Å². The zero-order valence-corrected chi connectivity index (χ0v) is 11.0. The van der Waals surface area contributed by atoms with Crippen LogP contribution in [0.1, 0.15) is 0 Å². The fourth-order valence-corrected chi connectivity index (χ4v) is 1.10. The van der Waals surface area contributed by atoms with Crippen LogP contribution in [0.25, 0.3) is 0 Å². The molecule has 0 aromatic heterocycles. The summed E-state index contributed by atoms with van der Waals surface area (Å²) in [5.74, 6) is -1.31. The minimum atomic E-state index is -4.30. The van der Waals surface area contributed by atoms with E-state index in [9.17, 15) is 17.4 Å². The summed E-state index contributed by atoms with van der Waals surface area (Å²) in [6, 6.07) is 5.56. The van der Waals surface area contributed by atoms with E-state index in [1.807, 2.05) is 0 Å². The molecular weight excluding hydrogens is 234 g/mol. The molecule has 78 valence electrons. The van der Waals surface area contributed by atoms with Gasteiger partial charge in [0, 0.05) is 0 Å².